The number of anilines is 2. The van der Waals surface area contributed by atoms with Crippen LogP contribution in [0.4, 0.5) is 11.4 Å². The van der Waals surface area contributed by atoms with Crippen molar-refractivity contribution in [1.82, 2.24) is 4.98 Å². The second kappa shape index (κ2) is 6.07. The molecule has 3 nitrogen and oxygen atoms in total. The number of pyridine rings is 1. The first-order chi connectivity index (χ1) is 8.70. The molecule has 0 aromatic carbocycles. The van der Waals surface area contributed by atoms with E-state index in [1.54, 1.807) is 0 Å². The van der Waals surface area contributed by atoms with Crippen molar-refractivity contribution in [2.24, 2.45) is 11.8 Å². The molecule has 1 unspecified atom stereocenters. The summed E-state index contributed by atoms with van der Waals surface area (Å²) in [6.45, 7) is 10.2. The molecule has 0 saturated carbocycles. The largest absolute Gasteiger partial charge is 0.384 e. The molecule has 0 aliphatic carbocycles. The first-order valence-electron chi connectivity index (χ1n) is 7.14. The summed E-state index contributed by atoms with van der Waals surface area (Å²) >= 11 is 0. The normalized spacial score (nSPS) is 19.6. The third-order valence-corrected chi connectivity index (χ3v) is 3.84. The first kappa shape index (κ1) is 13.2. The fourth-order valence-electron chi connectivity index (χ4n) is 2.53. The van der Waals surface area contributed by atoms with Gasteiger partial charge < -0.3 is 10.2 Å². The van der Waals surface area contributed by atoms with E-state index in [1.165, 1.54) is 25.2 Å². The predicted octanol–water partition coefficient (Wildman–Crippen LogP) is 3.39. The highest BCUT2D eigenvalue weighted by Gasteiger charge is 2.25. The van der Waals surface area contributed by atoms with Gasteiger partial charge >= 0.3 is 0 Å². The lowest BCUT2D eigenvalue weighted by molar-refractivity contribution is 0.423. The van der Waals surface area contributed by atoms with E-state index < -0.39 is 0 Å². The van der Waals surface area contributed by atoms with Gasteiger partial charge in [-0.15, -0.1) is 0 Å². The van der Waals surface area contributed by atoms with Crippen molar-refractivity contribution in [3.63, 3.8) is 0 Å². The molecule has 1 aromatic heterocycles. The van der Waals surface area contributed by atoms with Gasteiger partial charge in [-0.05, 0) is 30.7 Å². The Bertz CT molecular complexity index is 376. The topological polar surface area (TPSA) is 28.2 Å². The zero-order chi connectivity index (χ0) is 13.0. The molecule has 0 spiro atoms. The second-order valence-electron chi connectivity index (χ2n) is 5.60. The molecule has 1 fully saturated rings. The number of aromatic nitrogens is 1. The molecule has 1 N–H and O–H groups in total. The van der Waals surface area contributed by atoms with Gasteiger partial charge in [0.1, 0.15) is 0 Å². The average molecular weight is 247 g/mol. The van der Waals surface area contributed by atoms with Gasteiger partial charge in [0.05, 0.1) is 23.8 Å². The quantitative estimate of drug-likeness (QED) is 0.864. The standard InChI is InChI=1S/C15H25N3/c1-4-6-17-14-8-15(10-16-9-14)18-7-5-13(11-18)12(2)3/h8-10,12-13,17H,4-7,11H2,1-3H3. The lowest BCUT2D eigenvalue weighted by atomic mass is 9.95. The van der Waals surface area contributed by atoms with Crippen LogP contribution in [0.1, 0.15) is 33.6 Å². The number of hydrogen-bond acceptors (Lipinski definition) is 3. The Morgan fingerprint density at radius 3 is 2.94 bits per heavy atom. The van der Waals surface area contributed by atoms with Crippen LogP contribution < -0.4 is 10.2 Å². The minimum atomic E-state index is 0.782. The number of nitrogens with one attached hydrogen (secondary N) is 1. The summed E-state index contributed by atoms with van der Waals surface area (Å²) in [7, 11) is 0. The maximum Gasteiger partial charge on any atom is 0.0573 e. The van der Waals surface area contributed by atoms with Crippen molar-refractivity contribution in [3.8, 4) is 0 Å². The molecule has 1 aliphatic heterocycles. The molecule has 2 rings (SSSR count). The summed E-state index contributed by atoms with van der Waals surface area (Å²) in [5, 5.41) is 3.40. The van der Waals surface area contributed by atoms with Gasteiger partial charge in [-0.2, -0.15) is 0 Å². The highest BCUT2D eigenvalue weighted by atomic mass is 15.2. The molecule has 0 radical (unpaired) electrons. The Kier molecular flexibility index (Phi) is 4.45. The van der Waals surface area contributed by atoms with Crippen LogP contribution >= 0.6 is 0 Å². The molecule has 1 aromatic rings. The van der Waals surface area contributed by atoms with Crippen LogP contribution in [0.25, 0.3) is 0 Å². The molecular formula is C15H25N3. The van der Waals surface area contributed by atoms with Crippen molar-refractivity contribution >= 4 is 11.4 Å². The number of hydrogen-bond donors (Lipinski definition) is 1. The Balaban J connectivity index is 2.01. The molecule has 1 saturated heterocycles. The Labute approximate surface area is 111 Å². The van der Waals surface area contributed by atoms with Crippen molar-refractivity contribution in [1.29, 1.82) is 0 Å². The SMILES string of the molecule is CCCNc1cncc(N2CCC(C(C)C)C2)c1. The summed E-state index contributed by atoms with van der Waals surface area (Å²) < 4.78 is 0. The Hall–Kier alpha value is -1.25. The van der Waals surface area contributed by atoms with Crippen molar-refractivity contribution in [3.05, 3.63) is 18.5 Å². The number of rotatable bonds is 5. The average Bonchev–Trinajstić information content (AvgIpc) is 2.86. The third kappa shape index (κ3) is 3.15. The highest BCUT2D eigenvalue weighted by molar-refractivity contribution is 5.56. The van der Waals surface area contributed by atoms with Crippen LogP contribution in [0.5, 0.6) is 0 Å². The summed E-state index contributed by atoms with van der Waals surface area (Å²) in [5.74, 6) is 1.61. The highest BCUT2D eigenvalue weighted by Crippen LogP contribution is 2.28. The van der Waals surface area contributed by atoms with Crippen LogP contribution in [0.3, 0.4) is 0 Å². The monoisotopic (exact) mass is 247 g/mol. The van der Waals surface area contributed by atoms with Gasteiger partial charge in [0.15, 0.2) is 0 Å². The molecule has 1 aliphatic rings. The van der Waals surface area contributed by atoms with Crippen LogP contribution in [0.2, 0.25) is 0 Å². The van der Waals surface area contributed by atoms with Crippen molar-refractivity contribution in [2.45, 2.75) is 33.6 Å². The maximum atomic E-state index is 4.35. The lowest BCUT2D eigenvalue weighted by Gasteiger charge is -2.20. The van der Waals surface area contributed by atoms with E-state index in [1.807, 2.05) is 12.4 Å². The van der Waals surface area contributed by atoms with Gasteiger partial charge in [0, 0.05) is 19.6 Å². The van der Waals surface area contributed by atoms with E-state index >= 15 is 0 Å². The molecule has 0 bridgehead atoms. The van der Waals surface area contributed by atoms with Crippen LogP contribution in [-0.4, -0.2) is 24.6 Å². The zero-order valence-electron chi connectivity index (χ0n) is 11.8. The summed E-state index contributed by atoms with van der Waals surface area (Å²) in [6, 6.07) is 2.23. The minimum Gasteiger partial charge on any atom is -0.384 e. The van der Waals surface area contributed by atoms with Gasteiger partial charge in [-0.3, -0.25) is 4.98 Å². The molecule has 100 valence electrons. The van der Waals surface area contributed by atoms with Crippen LogP contribution in [0, 0.1) is 11.8 Å². The molecule has 3 heteroatoms. The molecular weight excluding hydrogens is 222 g/mol. The van der Waals surface area contributed by atoms with Crippen molar-refractivity contribution < 1.29 is 0 Å². The predicted molar refractivity (Wildman–Crippen MR) is 78.2 cm³/mol. The molecule has 18 heavy (non-hydrogen) atoms. The fourth-order valence-corrected chi connectivity index (χ4v) is 2.53. The van der Waals surface area contributed by atoms with Gasteiger partial charge in [-0.25, -0.2) is 0 Å². The van der Waals surface area contributed by atoms with Crippen LogP contribution in [-0.2, 0) is 0 Å². The smallest absolute Gasteiger partial charge is 0.0573 e. The minimum absolute atomic E-state index is 0.782. The fraction of sp³-hybridized carbons (Fsp3) is 0.667. The van der Waals surface area contributed by atoms with E-state index in [0.29, 0.717) is 0 Å². The second-order valence-corrected chi connectivity index (χ2v) is 5.60. The molecule has 1 atom stereocenters. The van der Waals surface area contributed by atoms with Gasteiger partial charge in [0.25, 0.3) is 0 Å². The van der Waals surface area contributed by atoms with E-state index in [-0.39, 0.29) is 0 Å². The maximum absolute atomic E-state index is 4.35. The summed E-state index contributed by atoms with van der Waals surface area (Å²) in [5.41, 5.74) is 2.40. The van der Waals surface area contributed by atoms with Gasteiger partial charge in [-0.1, -0.05) is 20.8 Å². The molecule has 2 heterocycles. The molecule has 0 amide bonds. The number of nitrogens with zero attached hydrogens (tertiary/aromatic N) is 2. The Morgan fingerprint density at radius 1 is 1.44 bits per heavy atom. The third-order valence-electron chi connectivity index (χ3n) is 3.84. The van der Waals surface area contributed by atoms with E-state index in [2.05, 4.69) is 42.0 Å². The van der Waals surface area contributed by atoms with E-state index in [4.69, 9.17) is 0 Å². The van der Waals surface area contributed by atoms with Crippen molar-refractivity contribution in [2.75, 3.05) is 29.9 Å². The summed E-state index contributed by atoms with van der Waals surface area (Å²) in [6.07, 6.45) is 6.35. The Morgan fingerprint density at radius 2 is 2.28 bits per heavy atom. The first-order valence-corrected chi connectivity index (χ1v) is 7.14. The van der Waals surface area contributed by atoms with E-state index in [9.17, 15) is 0 Å². The zero-order valence-corrected chi connectivity index (χ0v) is 11.8. The van der Waals surface area contributed by atoms with Crippen LogP contribution in [0.15, 0.2) is 18.5 Å². The van der Waals surface area contributed by atoms with Gasteiger partial charge in [0.2, 0.25) is 0 Å². The lowest BCUT2D eigenvalue weighted by Crippen LogP contribution is -2.21. The van der Waals surface area contributed by atoms with E-state index in [0.717, 1.165) is 30.5 Å². The summed E-state index contributed by atoms with van der Waals surface area (Å²) in [4.78, 5) is 6.81.